The zero-order chi connectivity index (χ0) is 10.5. The van der Waals surface area contributed by atoms with Gasteiger partial charge >= 0.3 is 0 Å². The van der Waals surface area contributed by atoms with E-state index in [0.29, 0.717) is 0 Å². The Morgan fingerprint density at radius 3 is 2.60 bits per heavy atom. The van der Waals surface area contributed by atoms with Crippen molar-refractivity contribution in [3.8, 4) is 5.75 Å². The summed E-state index contributed by atoms with van der Waals surface area (Å²) in [7, 11) is 1.69. The van der Waals surface area contributed by atoms with Crippen LogP contribution >= 0.6 is 0 Å². The molecule has 2 nitrogen and oxygen atoms in total. The summed E-state index contributed by atoms with van der Waals surface area (Å²) < 4.78 is 5.14. The first-order valence-corrected chi connectivity index (χ1v) is 5.58. The van der Waals surface area contributed by atoms with Gasteiger partial charge in [-0.15, -0.1) is 0 Å². The van der Waals surface area contributed by atoms with Crippen LogP contribution in [0.4, 0.5) is 0 Å². The normalized spacial score (nSPS) is 16.7. The lowest BCUT2D eigenvalue weighted by Crippen LogP contribution is -2.00. The van der Waals surface area contributed by atoms with E-state index in [0.717, 1.165) is 18.7 Å². The fourth-order valence-corrected chi connectivity index (χ4v) is 1.89. The van der Waals surface area contributed by atoms with Gasteiger partial charge in [-0.1, -0.05) is 6.42 Å². The lowest BCUT2D eigenvalue weighted by Gasteiger charge is -2.05. The van der Waals surface area contributed by atoms with Gasteiger partial charge in [-0.3, -0.25) is 4.99 Å². The molecule has 0 aliphatic carbocycles. The van der Waals surface area contributed by atoms with Gasteiger partial charge in [0.15, 0.2) is 0 Å². The second kappa shape index (κ2) is 4.96. The van der Waals surface area contributed by atoms with Gasteiger partial charge < -0.3 is 4.74 Å². The molecule has 0 radical (unpaired) electrons. The van der Waals surface area contributed by atoms with Crippen LogP contribution in [-0.4, -0.2) is 19.4 Å². The fraction of sp³-hybridized carbons (Fsp3) is 0.462. The van der Waals surface area contributed by atoms with Gasteiger partial charge in [-0.25, -0.2) is 0 Å². The Bertz CT molecular complexity index is 340. The van der Waals surface area contributed by atoms with Crippen LogP contribution in [0, 0.1) is 0 Å². The predicted molar refractivity (Wildman–Crippen MR) is 62.9 cm³/mol. The average Bonchev–Trinajstić information content (AvgIpc) is 2.58. The van der Waals surface area contributed by atoms with Crippen molar-refractivity contribution in [2.75, 3.05) is 13.7 Å². The molecule has 1 aromatic carbocycles. The summed E-state index contributed by atoms with van der Waals surface area (Å²) in [6.45, 7) is 0.987. The van der Waals surface area contributed by atoms with Crippen LogP contribution in [0.3, 0.4) is 0 Å². The predicted octanol–water partition coefficient (Wildman–Crippen LogP) is 3.06. The summed E-state index contributed by atoms with van der Waals surface area (Å²) in [6, 6.07) is 8.21. The van der Waals surface area contributed by atoms with Gasteiger partial charge in [0.25, 0.3) is 0 Å². The molecule has 1 heterocycles. The molecular weight excluding hydrogens is 186 g/mol. The highest BCUT2D eigenvalue weighted by Crippen LogP contribution is 2.17. The van der Waals surface area contributed by atoms with Crippen molar-refractivity contribution in [3.05, 3.63) is 29.8 Å². The van der Waals surface area contributed by atoms with Gasteiger partial charge in [-0.05, 0) is 49.1 Å². The monoisotopic (exact) mass is 203 g/mol. The van der Waals surface area contributed by atoms with Crippen molar-refractivity contribution in [1.29, 1.82) is 0 Å². The largest absolute Gasteiger partial charge is 0.497 e. The minimum atomic E-state index is 0.910. The number of hydrogen-bond donors (Lipinski definition) is 0. The first-order valence-electron chi connectivity index (χ1n) is 5.58. The number of ether oxygens (including phenoxy) is 1. The lowest BCUT2D eigenvalue weighted by atomic mass is 10.1. The summed E-state index contributed by atoms with van der Waals surface area (Å²) in [6.07, 6.45) is 4.93. The molecule has 2 rings (SSSR count). The van der Waals surface area contributed by atoms with Crippen molar-refractivity contribution in [3.63, 3.8) is 0 Å². The molecule has 0 spiro atoms. The minimum Gasteiger partial charge on any atom is -0.497 e. The number of rotatable bonds is 2. The number of hydrogen-bond acceptors (Lipinski definition) is 2. The quantitative estimate of drug-likeness (QED) is 0.724. The van der Waals surface area contributed by atoms with Gasteiger partial charge in [0.1, 0.15) is 5.75 Å². The highest BCUT2D eigenvalue weighted by Gasteiger charge is 2.06. The third kappa shape index (κ3) is 2.58. The van der Waals surface area contributed by atoms with E-state index in [9.17, 15) is 0 Å². The molecule has 15 heavy (non-hydrogen) atoms. The van der Waals surface area contributed by atoms with E-state index in [4.69, 9.17) is 4.74 Å². The first kappa shape index (κ1) is 10.2. The number of benzene rings is 1. The van der Waals surface area contributed by atoms with Crippen molar-refractivity contribution < 1.29 is 4.74 Å². The highest BCUT2D eigenvalue weighted by molar-refractivity contribution is 6.00. The topological polar surface area (TPSA) is 21.6 Å². The summed E-state index contributed by atoms with van der Waals surface area (Å²) >= 11 is 0. The van der Waals surface area contributed by atoms with Gasteiger partial charge in [0.05, 0.1) is 7.11 Å². The molecule has 1 aliphatic heterocycles. The Hall–Kier alpha value is -1.31. The second-order valence-electron chi connectivity index (χ2n) is 3.87. The average molecular weight is 203 g/mol. The van der Waals surface area contributed by atoms with Crippen LogP contribution in [0.15, 0.2) is 29.3 Å². The van der Waals surface area contributed by atoms with Crippen molar-refractivity contribution in [1.82, 2.24) is 0 Å². The van der Waals surface area contributed by atoms with Crippen LogP contribution < -0.4 is 4.74 Å². The van der Waals surface area contributed by atoms with E-state index in [-0.39, 0.29) is 0 Å². The van der Waals surface area contributed by atoms with Gasteiger partial charge in [0, 0.05) is 12.3 Å². The number of aliphatic imine (C=N–C) groups is 1. The molecule has 0 fully saturated rings. The van der Waals surface area contributed by atoms with Gasteiger partial charge in [-0.2, -0.15) is 0 Å². The van der Waals surface area contributed by atoms with E-state index >= 15 is 0 Å². The zero-order valence-corrected chi connectivity index (χ0v) is 9.20. The molecule has 80 valence electrons. The van der Waals surface area contributed by atoms with Crippen molar-refractivity contribution >= 4 is 5.71 Å². The Morgan fingerprint density at radius 2 is 1.87 bits per heavy atom. The molecule has 0 saturated heterocycles. The molecule has 0 saturated carbocycles. The SMILES string of the molecule is COc1ccc(C2=NCCCCC2)cc1. The Labute approximate surface area is 91.0 Å². The summed E-state index contributed by atoms with van der Waals surface area (Å²) in [5.41, 5.74) is 2.51. The minimum absolute atomic E-state index is 0.910. The molecule has 0 aromatic heterocycles. The Balaban J connectivity index is 2.16. The molecule has 0 atom stereocenters. The van der Waals surface area contributed by atoms with Crippen molar-refractivity contribution in [2.24, 2.45) is 4.99 Å². The molecule has 0 N–H and O–H groups in total. The van der Waals surface area contributed by atoms with Crippen molar-refractivity contribution in [2.45, 2.75) is 25.7 Å². The maximum absolute atomic E-state index is 5.14. The van der Waals surface area contributed by atoms with Crippen LogP contribution in [0.25, 0.3) is 0 Å². The highest BCUT2D eigenvalue weighted by atomic mass is 16.5. The van der Waals surface area contributed by atoms with Crippen LogP contribution in [0.2, 0.25) is 0 Å². The molecule has 2 heteroatoms. The second-order valence-corrected chi connectivity index (χ2v) is 3.87. The van der Waals surface area contributed by atoms with E-state index < -0.39 is 0 Å². The van der Waals surface area contributed by atoms with Gasteiger partial charge in [0.2, 0.25) is 0 Å². The molecule has 0 amide bonds. The third-order valence-corrected chi connectivity index (χ3v) is 2.80. The molecular formula is C13H17NO. The summed E-state index contributed by atoms with van der Waals surface area (Å²) in [4.78, 5) is 4.62. The zero-order valence-electron chi connectivity index (χ0n) is 9.20. The maximum atomic E-state index is 5.14. The molecule has 0 bridgehead atoms. The third-order valence-electron chi connectivity index (χ3n) is 2.80. The van der Waals surface area contributed by atoms with Crippen LogP contribution in [0.1, 0.15) is 31.2 Å². The smallest absolute Gasteiger partial charge is 0.118 e. The van der Waals surface area contributed by atoms with E-state index in [1.54, 1.807) is 7.11 Å². The van der Waals surface area contributed by atoms with Crippen LogP contribution in [0.5, 0.6) is 5.75 Å². The Kier molecular flexibility index (Phi) is 3.38. The summed E-state index contributed by atoms with van der Waals surface area (Å²) in [5.74, 6) is 0.910. The first-order chi connectivity index (χ1) is 7.40. The molecule has 0 unspecified atom stereocenters. The van der Waals surface area contributed by atoms with E-state index in [2.05, 4.69) is 17.1 Å². The maximum Gasteiger partial charge on any atom is 0.118 e. The fourth-order valence-electron chi connectivity index (χ4n) is 1.89. The Morgan fingerprint density at radius 1 is 1.07 bits per heavy atom. The number of methoxy groups -OCH3 is 1. The lowest BCUT2D eigenvalue weighted by molar-refractivity contribution is 0.415. The standard InChI is InChI=1S/C13H17NO/c1-15-12-8-6-11(7-9-12)13-5-3-2-4-10-14-13/h6-9H,2-5,10H2,1H3. The molecule has 1 aromatic rings. The van der Waals surface area contributed by atoms with E-state index in [1.807, 2.05) is 12.1 Å². The number of nitrogens with zero attached hydrogens (tertiary/aromatic N) is 1. The van der Waals surface area contributed by atoms with Crippen LogP contribution in [-0.2, 0) is 0 Å². The van der Waals surface area contributed by atoms with E-state index in [1.165, 1.54) is 30.5 Å². The summed E-state index contributed by atoms with van der Waals surface area (Å²) in [5, 5.41) is 0. The molecule has 1 aliphatic rings.